The first-order valence-electron chi connectivity index (χ1n) is 7.54. The van der Waals surface area contributed by atoms with Crippen LogP contribution in [0.15, 0.2) is 54.6 Å². The standard InChI is InChI=1S/C18H20F3NO/c1-2-15(22)12-17(13-6-4-3-5-7-13)23-16-10-8-14(9-11-16)18(19,20)21/h3-11,15,17H,2,12,22H2,1H3. The number of halogens is 3. The number of hydrogen-bond acceptors (Lipinski definition) is 2. The average Bonchev–Trinajstić information content (AvgIpc) is 2.54. The Labute approximate surface area is 134 Å². The van der Waals surface area contributed by atoms with Crippen molar-refractivity contribution in [3.63, 3.8) is 0 Å². The predicted octanol–water partition coefficient (Wildman–Crippen LogP) is 4.95. The van der Waals surface area contributed by atoms with E-state index in [2.05, 4.69) is 0 Å². The average molecular weight is 323 g/mol. The van der Waals surface area contributed by atoms with Gasteiger partial charge in [-0.05, 0) is 36.2 Å². The lowest BCUT2D eigenvalue weighted by atomic mass is 10.0. The zero-order valence-electron chi connectivity index (χ0n) is 12.9. The zero-order valence-corrected chi connectivity index (χ0v) is 12.9. The first-order chi connectivity index (χ1) is 10.9. The fraction of sp³-hybridized carbons (Fsp3) is 0.333. The van der Waals surface area contributed by atoms with Crippen LogP contribution in [0.25, 0.3) is 0 Å². The molecule has 2 aromatic rings. The third-order valence-electron chi connectivity index (χ3n) is 3.67. The Morgan fingerprint density at radius 3 is 2.13 bits per heavy atom. The lowest BCUT2D eigenvalue weighted by molar-refractivity contribution is -0.137. The van der Waals surface area contributed by atoms with Gasteiger partial charge in [-0.3, -0.25) is 0 Å². The summed E-state index contributed by atoms with van der Waals surface area (Å²) in [7, 11) is 0. The summed E-state index contributed by atoms with van der Waals surface area (Å²) in [6.45, 7) is 1.99. The third kappa shape index (κ3) is 4.99. The number of alkyl halides is 3. The summed E-state index contributed by atoms with van der Waals surface area (Å²) in [5.74, 6) is 0.398. The van der Waals surface area contributed by atoms with Crippen molar-refractivity contribution < 1.29 is 17.9 Å². The highest BCUT2D eigenvalue weighted by Crippen LogP contribution is 2.32. The van der Waals surface area contributed by atoms with Gasteiger partial charge in [-0.25, -0.2) is 0 Å². The molecule has 0 saturated carbocycles. The maximum Gasteiger partial charge on any atom is 0.416 e. The second kappa shape index (κ2) is 7.51. The van der Waals surface area contributed by atoms with E-state index < -0.39 is 11.7 Å². The van der Waals surface area contributed by atoms with Gasteiger partial charge in [-0.15, -0.1) is 0 Å². The molecule has 2 atom stereocenters. The van der Waals surface area contributed by atoms with Crippen LogP contribution in [0.5, 0.6) is 5.75 Å². The van der Waals surface area contributed by atoms with Crippen molar-refractivity contribution in [1.82, 2.24) is 0 Å². The second-order valence-electron chi connectivity index (χ2n) is 5.44. The minimum atomic E-state index is -4.35. The van der Waals surface area contributed by atoms with Crippen LogP contribution in [0, 0.1) is 0 Å². The van der Waals surface area contributed by atoms with Gasteiger partial charge in [0.25, 0.3) is 0 Å². The summed E-state index contributed by atoms with van der Waals surface area (Å²) in [6, 6.07) is 14.3. The van der Waals surface area contributed by atoms with Crippen molar-refractivity contribution in [3.8, 4) is 5.75 Å². The van der Waals surface area contributed by atoms with Gasteiger partial charge in [0.1, 0.15) is 11.9 Å². The van der Waals surface area contributed by atoms with E-state index >= 15 is 0 Å². The molecule has 0 aromatic heterocycles. The molecule has 5 heteroatoms. The third-order valence-corrected chi connectivity index (χ3v) is 3.67. The highest BCUT2D eigenvalue weighted by atomic mass is 19.4. The Hall–Kier alpha value is -2.01. The van der Waals surface area contributed by atoms with E-state index in [0.717, 1.165) is 24.1 Å². The van der Waals surface area contributed by atoms with Crippen LogP contribution in [0.3, 0.4) is 0 Å². The highest BCUT2D eigenvalue weighted by Gasteiger charge is 2.30. The largest absolute Gasteiger partial charge is 0.486 e. The highest BCUT2D eigenvalue weighted by molar-refractivity contribution is 5.30. The molecule has 2 rings (SSSR count). The van der Waals surface area contributed by atoms with E-state index in [-0.39, 0.29) is 12.1 Å². The van der Waals surface area contributed by atoms with Crippen molar-refractivity contribution >= 4 is 0 Å². The van der Waals surface area contributed by atoms with Gasteiger partial charge in [0.15, 0.2) is 0 Å². The monoisotopic (exact) mass is 323 g/mol. The molecule has 0 aliphatic carbocycles. The normalized spacial score (nSPS) is 14.3. The zero-order chi connectivity index (χ0) is 16.9. The van der Waals surface area contributed by atoms with Crippen LogP contribution in [0.1, 0.15) is 37.0 Å². The Morgan fingerprint density at radius 1 is 1.00 bits per heavy atom. The van der Waals surface area contributed by atoms with Gasteiger partial charge >= 0.3 is 6.18 Å². The van der Waals surface area contributed by atoms with Gasteiger partial charge in [0.05, 0.1) is 5.56 Å². The number of hydrogen-bond donors (Lipinski definition) is 1. The smallest absolute Gasteiger partial charge is 0.416 e. The molecule has 2 N–H and O–H groups in total. The van der Waals surface area contributed by atoms with Crippen molar-refractivity contribution in [2.24, 2.45) is 5.73 Å². The van der Waals surface area contributed by atoms with E-state index in [9.17, 15) is 13.2 Å². The molecule has 0 amide bonds. The fourth-order valence-electron chi connectivity index (χ4n) is 2.25. The van der Waals surface area contributed by atoms with Crippen molar-refractivity contribution in [1.29, 1.82) is 0 Å². The Morgan fingerprint density at radius 2 is 1.61 bits per heavy atom. The van der Waals surface area contributed by atoms with Crippen LogP contribution in [-0.2, 0) is 6.18 Å². The van der Waals surface area contributed by atoms with Crippen LogP contribution >= 0.6 is 0 Å². The van der Waals surface area contributed by atoms with Crippen molar-refractivity contribution in [3.05, 3.63) is 65.7 Å². The van der Waals surface area contributed by atoms with Gasteiger partial charge in [-0.2, -0.15) is 13.2 Å². The number of nitrogens with two attached hydrogens (primary N) is 1. The van der Waals surface area contributed by atoms with E-state index in [1.165, 1.54) is 12.1 Å². The lowest BCUT2D eigenvalue weighted by Crippen LogP contribution is -2.24. The van der Waals surface area contributed by atoms with Gasteiger partial charge in [0, 0.05) is 12.5 Å². The molecule has 2 unspecified atom stereocenters. The Bertz CT molecular complexity index is 596. The molecule has 0 saturated heterocycles. The molecule has 0 spiro atoms. The number of benzene rings is 2. The minimum absolute atomic E-state index is 0.0327. The van der Waals surface area contributed by atoms with E-state index in [1.807, 2.05) is 37.3 Å². The molecule has 0 fully saturated rings. The summed E-state index contributed by atoms with van der Waals surface area (Å²) in [4.78, 5) is 0. The molecule has 0 radical (unpaired) electrons. The summed E-state index contributed by atoms with van der Waals surface area (Å²) >= 11 is 0. The topological polar surface area (TPSA) is 35.2 Å². The van der Waals surface area contributed by atoms with Crippen LogP contribution in [0.4, 0.5) is 13.2 Å². The summed E-state index contributed by atoms with van der Waals surface area (Å²) in [5, 5.41) is 0. The van der Waals surface area contributed by atoms with E-state index in [0.29, 0.717) is 12.2 Å². The molecule has 0 aliphatic heterocycles. The van der Waals surface area contributed by atoms with Crippen LogP contribution in [-0.4, -0.2) is 6.04 Å². The maximum atomic E-state index is 12.6. The predicted molar refractivity (Wildman–Crippen MR) is 84.1 cm³/mol. The Kier molecular flexibility index (Phi) is 5.66. The first kappa shape index (κ1) is 17.3. The van der Waals surface area contributed by atoms with E-state index in [4.69, 9.17) is 10.5 Å². The maximum absolute atomic E-state index is 12.6. The molecule has 0 heterocycles. The molecular formula is C18H20F3NO. The Balaban J connectivity index is 2.17. The van der Waals surface area contributed by atoms with Gasteiger partial charge in [-0.1, -0.05) is 37.3 Å². The van der Waals surface area contributed by atoms with Crippen molar-refractivity contribution in [2.75, 3.05) is 0 Å². The van der Waals surface area contributed by atoms with Crippen molar-refractivity contribution in [2.45, 2.75) is 38.1 Å². The minimum Gasteiger partial charge on any atom is -0.486 e. The first-order valence-corrected chi connectivity index (χ1v) is 7.54. The lowest BCUT2D eigenvalue weighted by Gasteiger charge is -2.22. The summed E-state index contributed by atoms with van der Waals surface area (Å²) in [5.41, 5.74) is 6.28. The quantitative estimate of drug-likeness (QED) is 0.816. The summed E-state index contributed by atoms with van der Waals surface area (Å²) in [6.07, 6.45) is -3.23. The molecule has 23 heavy (non-hydrogen) atoms. The molecule has 0 aliphatic rings. The fourth-order valence-corrected chi connectivity index (χ4v) is 2.25. The van der Waals surface area contributed by atoms with Gasteiger partial charge < -0.3 is 10.5 Å². The number of rotatable bonds is 6. The van der Waals surface area contributed by atoms with Crippen LogP contribution < -0.4 is 10.5 Å². The molecule has 0 bridgehead atoms. The molecule has 124 valence electrons. The molecular weight excluding hydrogens is 303 g/mol. The second-order valence-corrected chi connectivity index (χ2v) is 5.44. The SMILES string of the molecule is CCC(N)CC(Oc1ccc(C(F)(F)F)cc1)c1ccccc1. The number of ether oxygens (including phenoxy) is 1. The van der Waals surface area contributed by atoms with E-state index in [1.54, 1.807) is 0 Å². The summed E-state index contributed by atoms with van der Waals surface area (Å²) < 4.78 is 43.7. The molecule has 2 nitrogen and oxygen atoms in total. The van der Waals surface area contributed by atoms with Crippen LogP contribution in [0.2, 0.25) is 0 Å². The molecule has 2 aromatic carbocycles. The van der Waals surface area contributed by atoms with Gasteiger partial charge in [0.2, 0.25) is 0 Å².